The summed E-state index contributed by atoms with van der Waals surface area (Å²) in [6.45, 7) is 15.7. The molecule has 1 aliphatic rings. The van der Waals surface area contributed by atoms with E-state index >= 15 is 0 Å². The molecule has 0 aromatic heterocycles. The Labute approximate surface area is 187 Å². The van der Waals surface area contributed by atoms with Gasteiger partial charge in [0.1, 0.15) is 0 Å². The Hall–Kier alpha value is -1.75. The van der Waals surface area contributed by atoms with Gasteiger partial charge in [0, 0.05) is 49.9 Å². The average Bonchev–Trinajstić information content (AvgIpc) is 2.67. The molecule has 1 saturated heterocycles. The van der Waals surface area contributed by atoms with Gasteiger partial charge in [0.15, 0.2) is 0 Å². The number of nitrogens with one attached hydrogen (secondary N) is 1. The number of carbonyl (C=O) groups is 2. The summed E-state index contributed by atoms with van der Waals surface area (Å²) in [5, 5.41) is 2.92. The van der Waals surface area contributed by atoms with E-state index in [0.29, 0.717) is 12.3 Å². The molecule has 2 rings (SSSR count). The van der Waals surface area contributed by atoms with Crippen LogP contribution >= 0.6 is 11.6 Å². The van der Waals surface area contributed by atoms with Crippen molar-refractivity contribution in [2.24, 2.45) is 16.7 Å². The Morgan fingerprint density at radius 1 is 1.03 bits per heavy atom. The molecule has 1 N–H and O–H groups in total. The van der Waals surface area contributed by atoms with Gasteiger partial charge in [-0.3, -0.25) is 9.59 Å². The first-order valence-electron chi connectivity index (χ1n) is 10.9. The molecule has 5 nitrogen and oxygen atoms in total. The van der Waals surface area contributed by atoms with Crippen LogP contribution in [0.4, 0.5) is 11.4 Å². The van der Waals surface area contributed by atoms with Crippen LogP contribution in [0, 0.1) is 16.7 Å². The van der Waals surface area contributed by atoms with Crippen molar-refractivity contribution >= 4 is 34.8 Å². The molecule has 0 spiro atoms. The molecular weight excluding hydrogens is 398 g/mol. The first-order valence-corrected chi connectivity index (χ1v) is 11.4. The highest BCUT2D eigenvalue weighted by atomic mass is 35.5. The second kappa shape index (κ2) is 10.0. The van der Waals surface area contributed by atoms with Crippen LogP contribution in [0.15, 0.2) is 24.3 Å². The molecule has 168 valence electrons. The van der Waals surface area contributed by atoms with E-state index in [9.17, 15) is 9.59 Å². The molecule has 1 aromatic rings. The number of rotatable bonds is 7. The van der Waals surface area contributed by atoms with Crippen molar-refractivity contribution in [1.29, 1.82) is 0 Å². The number of benzene rings is 1. The van der Waals surface area contributed by atoms with Crippen LogP contribution in [0.5, 0.6) is 0 Å². The minimum Gasteiger partial charge on any atom is -0.368 e. The van der Waals surface area contributed by atoms with E-state index in [1.807, 2.05) is 43.0 Å². The second-order valence-corrected chi connectivity index (χ2v) is 10.7. The Morgan fingerprint density at radius 2 is 1.60 bits per heavy atom. The lowest BCUT2D eigenvalue weighted by molar-refractivity contribution is -0.132. The molecule has 0 radical (unpaired) electrons. The van der Waals surface area contributed by atoms with Crippen LogP contribution in [0.25, 0.3) is 0 Å². The zero-order valence-electron chi connectivity index (χ0n) is 19.4. The standard InChI is InChI=1S/C24H38ClN3O2/c1-18(16-23(2,3)4)15-21(29)28-13-11-27(12-14-28)20-9-7-19(8-10-20)26-22(30)24(5,6)17-25/h7-10,18H,11-17H2,1-6H3,(H,26,30). The summed E-state index contributed by atoms with van der Waals surface area (Å²) in [4.78, 5) is 29.2. The van der Waals surface area contributed by atoms with Gasteiger partial charge in [-0.15, -0.1) is 11.6 Å². The van der Waals surface area contributed by atoms with E-state index in [2.05, 4.69) is 37.9 Å². The molecule has 6 heteroatoms. The van der Waals surface area contributed by atoms with Gasteiger partial charge in [0.05, 0.1) is 5.41 Å². The van der Waals surface area contributed by atoms with E-state index in [1.54, 1.807) is 0 Å². The van der Waals surface area contributed by atoms with Crippen LogP contribution in [-0.2, 0) is 9.59 Å². The van der Waals surface area contributed by atoms with Crippen molar-refractivity contribution in [2.45, 2.75) is 54.4 Å². The van der Waals surface area contributed by atoms with E-state index in [1.165, 1.54) is 0 Å². The number of nitrogens with zero attached hydrogens (tertiary/aromatic N) is 2. The number of halogens is 1. The van der Waals surface area contributed by atoms with Crippen molar-refractivity contribution in [1.82, 2.24) is 4.90 Å². The Bertz CT molecular complexity index is 717. The van der Waals surface area contributed by atoms with Crippen LogP contribution in [0.1, 0.15) is 54.4 Å². The maximum atomic E-state index is 12.6. The zero-order valence-corrected chi connectivity index (χ0v) is 20.2. The topological polar surface area (TPSA) is 52.7 Å². The summed E-state index contributed by atoms with van der Waals surface area (Å²) in [6.07, 6.45) is 1.69. The Balaban J connectivity index is 1.85. The molecule has 0 saturated carbocycles. The Morgan fingerprint density at radius 3 is 2.10 bits per heavy atom. The van der Waals surface area contributed by atoms with Crippen molar-refractivity contribution < 1.29 is 9.59 Å². The zero-order chi connectivity index (χ0) is 22.5. The predicted molar refractivity (Wildman–Crippen MR) is 126 cm³/mol. The maximum absolute atomic E-state index is 12.6. The van der Waals surface area contributed by atoms with Gasteiger partial charge in [-0.2, -0.15) is 0 Å². The summed E-state index contributed by atoms with van der Waals surface area (Å²) in [7, 11) is 0. The summed E-state index contributed by atoms with van der Waals surface area (Å²) in [6, 6.07) is 7.88. The van der Waals surface area contributed by atoms with E-state index in [4.69, 9.17) is 11.6 Å². The van der Waals surface area contributed by atoms with Gasteiger partial charge in [-0.1, -0.05) is 27.7 Å². The van der Waals surface area contributed by atoms with E-state index in [0.717, 1.165) is 44.0 Å². The van der Waals surface area contributed by atoms with Crippen LogP contribution in [0.3, 0.4) is 0 Å². The number of alkyl halides is 1. The molecule has 1 aliphatic heterocycles. The SMILES string of the molecule is CC(CC(=O)N1CCN(c2ccc(NC(=O)C(C)(C)CCl)cc2)CC1)CC(C)(C)C. The van der Waals surface area contributed by atoms with Crippen LogP contribution in [0.2, 0.25) is 0 Å². The monoisotopic (exact) mass is 435 g/mol. The van der Waals surface area contributed by atoms with Crippen molar-refractivity contribution in [2.75, 3.05) is 42.3 Å². The highest BCUT2D eigenvalue weighted by Crippen LogP contribution is 2.27. The summed E-state index contributed by atoms with van der Waals surface area (Å²) in [5.74, 6) is 0.862. The predicted octanol–water partition coefficient (Wildman–Crippen LogP) is 5.00. The molecule has 1 unspecified atom stereocenters. The first kappa shape index (κ1) is 24.5. The largest absolute Gasteiger partial charge is 0.368 e. The lowest BCUT2D eigenvalue weighted by atomic mass is 9.84. The Kier molecular flexibility index (Phi) is 8.20. The summed E-state index contributed by atoms with van der Waals surface area (Å²) < 4.78 is 0. The molecule has 1 heterocycles. The number of amides is 2. The molecule has 1 fully saturated rings. The third kappa shape index (κ3) is 7.19. The molecule has 30 heavy (non-hydrogen) atoms. The van der Waals surface area contributed by atoms with Gasteiger partial charge in [-0.05, 0) is 55.9 Å². The highest BCUT2D eigenvalue weighted by molar-refractivity contribution is 6.20. The lowest BCUT2D eigenvalue weighted by Crippen LogP contribution is -2.49. The third-order valence-electron chi connectivity index (χ3n) is 5.56. The smallest absolute Gasteiger partial charge is 0.231 e. The number of carbonyl (C=O) groups excluding carboxylic acids is 2. The lowest BCUT2D eigenvalue weighted by Gasteiger charge is -2.37. The fourth-order valence-corrected chi connectivity index (χ4v) is 4.00. The van der Waals surface area contributed by atoms with E-state index in [-0.39, 0.29) is 23.1 Å². The highest BCUT2D eigenvalue weighted by Gasteiger charge is 2.27. The minimum absolute atomic E-state index is 0.0851. The third-order valence-corrected chi connectivity index (χ3v) is 6.22. The fourth-order valence-electron chi connectivity index (χ4n) is 3.88. The molecule has 0 aliphatic carbocycles. The second-order valence-electron chi connectivity index (χ2n) is 10.5. The number of anilines is 2. The molecule has 1 atom stereocenters. The maximum Gasteiger partial charge on any atom is 0.231 e. The number of piperazine rings is 1. The van der Waals surface area contributed by atoms with Crippen LogP contribution < -0.4 is 10.2 Å². The van der Waals surface area contributed by atoms with E-state index < -0.39 is 5.41 Å². The van der Waals surface area contributed by atoms with Gasteiger partial charge in [0.2, 0.25) is 11.8 Å². The average molecular weight is 436 g/mol. The quantitative estimate of drug-likeness (QED) is 0.613. The van der Waals surface area contributed by atoms with Gasteiger partial charge in [0.25, 0.3) is 0 Å². The fraction of sp³-hybridized carbons (Fsp3) is 0.667. The number of hydrogen-bond donors (Lipinski definition) is 1. The van der Waals surface area contributed by atoms with Crippen molar-refractivity contribution in [3.8, 4) is 0 Å². The summed E-state index contributed by atoms with van der Waals surface area (Å²) in [5.41, 5.74) is 1.53. The molecule has 0 bridgehead atoms. The first-order chi connectivity index (χ1) is 13.9. The molecule has 2 amide bonds. The normalized spacial score (nSPS) is 16.4. The van der Waals surface area contributed by atoms with Gasteiger partial charge in [-0.25, -0.2) is 0 Å². The van der Waals surface area contributed by atoms with Gasteiger partial charge >= 0.3 is 0 Å². The van der Waals surface area contributed by atoms with Crippen LogP contribution in [-0.4, -0.2) is 48.8 Å². The molecule has 1 aromatic carbocycles. The molecular formula is C24H38ClN3O2. The van der Waals surface area contributed by atoms with Gasteiger partial charge < -0.3 is 15.1 Å². The summed E-state index contributed by atoms with van der Waals surface area (Å²) >= 11 is 5.88. The number of hydrogen-bond acceptors (Lipinski definition) is 3. The minimum atomic E-state index is -0.604. The van der Waals surface area contributed by atoms with Crippen molar-refractivity contribution in [3.05, 3.63) is 24.3 Å². The van der Waals surface area contributed by atoms with Crippen molar-refractivity contribution in [3.63, 3.8) is 0 Å².